The van der Waals surface area contributed by atoms with Gasteiger partial charge in [0.15, 0.2) is 10.9 Å². The molecule has 2 aromatic rings. The van der Waals surface area contributed by atoms with E-state index in [0.717, 1.165) is 0 Å². The first-order chi connectivity index (χ1) is 9.69. The van der Waals surface area contributed by atoms with Crippen LogP contribution in [0.5, 0.6) is 0 Å². The summed E-state index contributed by atoms with van der Waals surface area (Å²) in [7, 11) is 0. The molecule has 2 aromatic heterocycles. The highest BCUT2D eigenvalue weighted by Crippen LogP contribution is 2.25. The van der Waals surface area contributed by atoms with Gasteiger partial charge in [-0.2, -0.15) is 0 Å². The molecular formula is C13H14N2O4S. The topological polar surface area (TPSA) is 81.4 Å². The summed E-state index contributed by atoms with van der Waals surface area (Å²) in [6.45, 7) is 2.04. The Labute approximate surface area is 119 Å². The van der Waals surface area contributed by atoms with E-state index in [9.17, 15) is 9.59 Å². The van der Waals surface area contributed by atoms with Gasteiger partial charge in [0.1, 0.15) is 5.69 Å². The third kappa shape index (κ3) is 3.92. The van der Waals surface area contributed by atoms with E-state index < -0.39 is 0 Å². The summed E-state index contributed by atoms with van der Waals surface area (Å²) in [6.07, 6.45) is 1.71. The van der Waals surface area contributed by atoms with Crippen molar-refractivity contribution in [2.24, 2.45) is 0 Å². The van der Waals surface area contributed by atoms with Crippen LogP contribution in [0.15, 0.2) is 28.2 Å². The minimum Gasteiger partial charge on any atom is -0.466 e. The molecule has 0 aliphatic carbocycles. The molecular weight excluding hydrogens is 280 g/mol. The zero-order valence-electron chi connectivity index (χ0n) is 10.9. The second-order valence-corrected chi connectivity index (χ2v) is 4.73. The molecule has 2 rings (SSSR count). The number of amides is 1. The van der Waals surface area contributed by atoms with Crippen molar-refractivity contribution in [2.45, 2.75) is 19.8 Å². The first-order valence-corrected chi connectivity index (χ1v) is 7.02. The van der Waals surface area contributed by atoms with Crippen LogP contribution in [0.3, 0.4) is 0 Å². The Kier molecular flexibility index (Phi) is 4.89. The largest absolute Gasteiger partial charge is 0.466 e. The third-order valence-corrected chi connectivity index (χ3v) is 3.14. The van der Waals surface area contributed by atoms with E-state index in [0.29, 0.717) is 23.2 Å². The fourth-order valence-electron chi connectivity index (χ4n) is 1.50. The van der Waals surface area contributed by atoms with Crippen LogP contribution in [0.4, 0.5) is 5.13 Å². The van der Waals surface area contributed by atoms with Crippen molar-refractivity contribution in [1.82, 2.24) is 4.98 Å². The van der Waals surface area contributed by atoms with Crippen LogP contribution >= 0.6 is 11.3 Å². The molecule has 0 bridgehead atoms. The Balaban J connectivity index is 1.84. The highest BCUT2D eigenvalue weighted by Gasteiger charge is 2.11. The van der Waals surface area contributed by atoms with Crippen molar-refractivity contribution in [1.29, 1.82) is 0 Å². The number of hydrogen-bond acceptors (Lipinski definition) is 6. The zero-order chi connectivity index (χ0) is 14.4. The Bertz CT molecular complexity index is 577. The molecule has 0 aliphatic rings. The van der Waals surface area contributed by atoms with Crippen LogP contribution in [0.2, 0.25) is 0 Å². The number of furan rings is 1. The van der Waals surface area contributed by atoms with Crippen molar-refractivity contribution in [2.75, 3.05) is 11.9 Å². The van der Waals surface area contributed by atoms with E-state index in [1.807, 2.05) is 0 Å². The summed E-state index contributed by atoms with van der Waals surface area (Å²) in [6, 6.07) is 3.56. The summed E-state index contributed by atoms with van der Waals surface area (Å²) >= 11 is 1.30. The minimum atomic E-state index is -0.377. The molecule has 2 heterocycles. The molecule has 0 saturated carbocycles. The number of carbonyl (C=O) groups excluding carboxylic acids is 2. The van der Waals surface area contributed by atoms with Crippen LogP contribution in [0.1, 0.15) is 19.8 Å². The molecule has 0 saturated heterocycles. The van der Waals surface area contributed by atoms with Crippen LogP contribution in [-0.2, 0) is 14.3 Å². The molecule has 20 heavy (non-hydrogen) atoms. The van der Waals surface area contributed by atoms with Crippen molar-refractivity contribution in [3.8, 4) is 11.5 Å². The molecule has 0 spiro atoms. The summed E-state index contributed by atoms with van der Waals surface area (Å²) in [5.41, 5.74) is 0.667. The summed E-state index contributed by atoms with van der Waals surface area (Å²) in [4.78, 5) is 27.0. The molecule has 1 N–H and O–H groups in total. The lowest BCUT2D eigenvalue weighted by molar-refractivity contribution is -0.144. The van der Waals surface area contributed by atoms with Gasteiger partial charge in [-0.05, 0) is 19.1 Å². The molecule has 1 amide bonds. The Hall–Kier alpha value is -2.15. The van der Waals surface area contributed by atoms with E-state index in [1.165, 1.54) is 11.3 Å². The SMILES string of the molecule is CCOC(=O)CCC(=O)Nc1nc(-c2ccco2)cs1. The van der Waals surface area contributed by atoms with Crippen molar-refractivity contribution in [3.05, 3.63) is 23.8 Å². The number of nitrogens with zero attached hydrogens (tertiary/aromatic N) is 1. The Morgan fingerprint density at radius 2 is 2.30 bits per heavy atom. The monoisotopic (exact) mass is 294 g/mol. The van der Waals surface area contributed by atoms with Gasteiger partial charge >= 0.3 is 5.97 Å². The fraction of sp³-hybridized carbons (Fsp3) is 0.308. The summed E-state index contributed by atoms with van der Waals surface area (Å²) < 4.78 is 9.97. The van der Waals surface area contributed by atoms with Crippen molar-refractivity contribution in [3.63, 3.8) is 0 Å². The van der Waals surface area contributed by atoms with E-state index in [1.54, 1.807) is 30.7 Å². The van der Waals surface area contributed by atoms with Gasteiger partial charge in [-0.15, -0.1) is 11.3 Å². The average molecular weight is 294 g/mol. The van der Waals surface area contributed by atoms with E-state index in [4.69, 9.17) is 9.15 Å². The molecule has 0 aromatic carbocycles. The number of anilines is 1. The molecule has 0 unspecified atom stereocenters. The number of carbonyl (C=O) groups is 2. The highest BCUT2D eigenvalue weighted by molar-refractivity contribution is 7.14. The lowest BCUT2D eigenvalue weighted by Crippen LogP contribution is -2.14. The summed E-state index contributed by atoms with van der Waals surface area (Å²) in [5.74, 6) is 0.00438. The van der Waals surface area contributed by atoms with Crippen LogP contribution in [0.25, 0.3) is 11.5 Å². The number of aromatic nitrogens is 1. The minimum absolute atomic E-state index is 0.0656. The molecule has 0 radical (unpaired) electrons. The Morgan fingerprint density at radius 1 is 1.45 bits per heavy atom. The maximum absolute atomic E-state index is 11.6. The van der Waals surface area contributed by atoms with Crippen LogP contribution in [0, 0.1) is 0 Å². The van der Waals surface area contributed by atoms with Gasteiger partial charge in [0.2, 0.25) is 5.91 Å². The van der Waals surface area contributed by atoms with E-state index in [-0.39, 0.29) is 24.7 Å². The van der Waals surface area contributed by atoms with Gasteiger partial charge in [0.05, 0.1) is 19.3 Å². The van der Waals surface area contributed by atoms with Gasteiger partial charge in [-0.25, -0.2) is 4.98 Å². The first kappa shape index (κ1) is 14.3. The number of thiazole rings is 1. The maximum atomic E-state index is 11.6. The zero-order valence-corrected chi connectivity index (χ0v) is 11.7. The maximum Gasteiger partial charge on any atom is 0.306 e. The molecule has 6 nitrogen and oxygen atoms in total. The van der Waals surface area contributed by atoms with Gasteiger partial charge in [-0.3, -0.25) is 9.59 Å². The number of nitrogens with one attached hydrogen (secondary N) is 1. The van der Waals surface area contributed by atoms with Crippen LogP contribution < -0.4 is 5.32 Å². The van der Waals surface area contributed by atoms with E-state index in [2.05, 4.69) is 10.3 Å². The predicted octanol–water partition coefficient (Wildman–Crippen LogP) is 2.68. The predicted molar refractivity (Wildman–Crippen MR) is 74.3 cm³/mol. The molecule has 0 aliphatic heterocycles. The highest BCUT2D eigenvalue weighted by atomic mass is 32.1. The molecule has 7 heteroatoms. The smallest absolute Gasteiger partial charge is 0.306 e. The Morgan fingerprint density at radius 3 is 3.00 bits per heavy atom. The lowest BCUT2D eigenvalue weighted by Gasteiger charge is -2.02. The second-order valence-electron chi connectivity index (χ2n) is 3.87. The van der Waals surface area contributed by atoms with Gasteiger partial charge < -0.3 is 14.5 Å². The number of ether oxygens (including phenoxy) is 1. The van der Waals surface area contributed by atoms with E-state index >= 15 is 0 Å². The average Bonchev–Trinajstić information content (AvgIpc) is 3.07. The molecule has 0 fully saturated rings. The molecule has 0 atom stereocenters. The second kappa shape index (κ2) is 6.85. The van der Waals surface area contributed by atoms with Gasteiger partial charge in [0.25, 0.3) is 0 Å². The van der Waals surface area contributed by atoms with Crippen molar-refractivity contribution >= 4 is 28.3 Å². The van der Waals surface area contributed by atoms with Crippen molar-refractivity contribution < 1.29 is 18.7 Å². The number of esters is 1. The number of hydrogen-bond donors (Lipinski definition) is 1. The van der Waals surface area contributed by atoms with Gasteiger partial charge in [-0.1, -0.05) is 0 Å². The fourth-order valence-corrected chi connectivity index (χ4v) is 2.22. The third-order valence-electron chi connectivity index (χ3n) is 2.39. The number of rotatable bonds is 6. The van der Waals surface area contributed by atoms with Gasteiger partial charge in [0, 0.05) is 11.8 Å². The molecule has 106 valence electrons. The summed E-state index contributed by atoms with van der Waals surface area (Å²) in [5, 5.41) is 4.91. The van der Waals surface area contributed by atoms with Crippen LogP contribution in [-0.4, -0.2) is 23.5 Å². The standard InChI is InChI=1S/C13H14N2O4S/c1-2-18-12(17)6-5-11(16)15-13-14-9(8-20-13)10-4-3-7-19-10/h3-4,7-8H,2,5-6H2,1H3,(H,14,15,16). The quantitative estimate of drug-likeness (QED) is 0.828. The lowest BCUT2D eigenvalue weighted by atomic mass is 10.3. The normalized spacial score (nSPS) is 10.2. The first-order valence-electron chi connectivity index (χ1n) is 6.14.